The highest BCUT2D eigenvalue weighted by atomic mass is 35.5. The van der Waals surface area contributed by atoms with Crippen molar-refractivity contribution in [2.45, 2.75) is 20.0 Å². The number of Topliss-reactive ketones (excluding diaryl/α,β-unsaturated/α-hetero) is 1. The number of hydrogen-bond acceptors (Lipinski definition) is 2. The van der Waals surface area contributed by atoms with Crippen molar-refractivity contribution in [1.82, 2.24) is 0 Å². The number of halogens is 1. The summed E-state index contributed by atoms with van der Waals surface area (Å²) in [5.41, 5.74) is 1.77. The first-order chi connectivity index (χ1) is 9.08. The third-order valence-corrected chi connectivity index (χ3v) is 3.16. The Morgan fingerprint density at radius 2 is 1.74 bits per heavy atom. The van der Waals surface area contributed by atoms with E-state index in [0.29, 0.717) is 16.3 Å². The minimum Gasteiger partial charge on any atom is -0.481 e. The summed E-state index contributed by atoms with van der Waals surface area (Å²) in [6.07, 6.45) is -0.567. The number of ketones is 1. The summed E-state index contributed by atoms with van der Waals surface area (Å²) in [6, 6.07) is 14.6. The smallest absolute Gasteiger partial charge is 0.202 e. The molecule has 2 rings (SSSR count). The third kappa shape index (κ3) is 3.36. The minimum absolute atomic E-state index is 0.0556. The molecule has 0 radical (unpaired) electrons. The lowest BCUT2D eigenvalue weighted by atomic mass is 10.1. The van der Waals surface area contributed by atoms with E-state index in [0.717, 1.165) is 5.56 Å². The van der Waals surface area contributed by atoms with Crippen LogP contribution in [-0.2, 0) is 0 Å². The van der Waals surface area contributed by atoms with Crippen molar-refractivity contribution in [2.75, 3.05) is 0 Å². The van der Waals surface area contributed by atoms with Crippen molar-refractivity contribution < 1.29 is 9.53 Å². The number of carbonyl (C=O) groups excluding carboxylic acids is 1. The van der Waals surface area contributed by atoms with Crippen LogP contribution in [0.1, 0.15) is 22.8 Å². The standard InChI is InChI=1S/C16H15ClO2/c1-11-7-9-13(10-8-11)16(18)12(2)19-15-6-4-3-5-14(15)17/h3-10,12H,1-2H3. The first-order valence-corrected chi connectivity index (χ1v) is 6.48. The molecular weight excluding hydrogens is 260 g/mol. The van der Waals surface area contributed by atoms with Crippen LogP contribution in [0.2, 0.25) is 5.02 Å². The van der Waals surface area contributed by atoms with Gasteiger partial charge in [-0.2, -0.15) is 0 Å². The normalized spacial score (nSPS) is 11.9. The van der Waals surface area contributed by atoms with E-state index >= 15 is 0 Å². The van der Waals surface area contributed by atoms with Gasteiger partial charge in [-0.15, -0.1) is 0 Å². The van der Waals surface area contributed by atoms with Crippen LogP contribution in [0, 0.1) is 6.92 Å². The first-order valence-electron chi connectivity index (χ1n) is 6.10. The molecule has 2 aromatic carbocycles. The predicted molar refractivity (Wildman–Crippen MR) is 77.1 cm³/mol. The fourth-order valence-electron chi connectivity index (χ4n) is 1.74. The van der Waals surface area contributed by atoms with Gasteiger partial charge in [-0.05, 0) is 26.0 Å². The summed E-state index contributed by atoms with van der Waals surface area (Å²) in [4.78, 5) is 12.2. The van der Waals surface area contributed by atoms with Crippen molar-refractivity contribution in [2.24, 2.45) is 0 Å². The van der Waals surface area contributed by atoms with E-state index in [-0.39, 0.29) is 5.78 Å². The van der Waals surface area contributed by atoms with Gasteiger partial charge in [-0.1, -0.05) is 53.6 Å². The van der Waals surface area contributed by atoms with E-state index in [9.17, 15) is 4.79 Å². The van der Waals surface area contributed by atoms with Gasteiger partial charge in [0.1, 0.15) is 5.75 Å². The number of benzene rings is 2. The van der Waals surface area contributed by atoms with Crippen LogP contribution in [0.5, 0.6) is 5.75 Å². The summed E-state index contributed by atoms with van der Waals surface area (Å²) < 4.78 is 5.61. The zero-order chi connectivity index (χ0) is 13.8. The lowest BCUT2D eigenvalue weighted by molar-refractivity contribution is 0.0818. The van der Waals surface area contributed by atoms with Crippen LogP contribution in [0.25, 0.3) is 0 Å². The highest BCUT2D eigenvalue weighted by Gasteiger charge is 2.17. The maximum atomic E-state index is 12.2. The number of rotatable bonds is 4. The molecule has 0 saturated carbocycles. The van der Waals surface area contributed by atoms with Crippen molar-refractivity contribution in [1.29, 1.82) is 0 Å². The average molecular weight is 275 g/mol. The number of aryl methyl sites for hydroxylation is 1. The number of carbonyl (C=O) groups is 1. The fraction of sp³-hybridized carbons (Fsp3) is 0.188. The molecule has 0 aromatic heterocycles. The molecule has 0 bridgehead atoms. The Kier molecular flexibility index (Phi) is 4.23. The number of ether oxygens (including phenoxy) is 1. The van der Waals surface area contributed by atoms with Crippen LogP contribution >= 0.6 is 11.6 Å². The molecule has 0 N–H and O–H groups in total. The van der Waals surface area contributed by atoms with Crippen LogP contribution in [0.15, 0.2) is 48.5 Å². The second kappa shape index (κ2) is 5.89. The maximum absolute atomic E-state index is 12.2. The zero-order valence-electron chi connectivity index (χ0n) is 10.9. The molecule has 0 fully saturated rings. The summed E-state index contributed by atoms with van der Waals surface area (Å²) in [5.74, 6) is 0.469. The van der Waals surface area contributed by atoms with Gasteiger partial charge in [0, 0.05) is 5.56 Å². The topological polar surface area (TPSA) is 26.3 Å². The van der Waals surface area contributed by atoms with Crippen molar-refractivity contribution in [3.05, 3.63) is 64.7 Å². The Balaban J connectivity index is 2.12. The molecule has 19 heavy (non-hydrogen) atoms. The highest BCUT2D eigenvalue weighted by molar-refractivity contribution is 6.32. The van der Waals surface area contributed by atoms with E-state index in [4.69, 9.17) is 16.3 Å². The molecule has 2 nitrogen and oxygen atoms in total. The molecule has 0 saturated heterocycles. The molecular formula is C16H15ClO2. The molecule has 0 aliphatic rings. The Morgan fingerprint density at radius 1 is 1.11 bits per heavy atom. The molecule has 0 spiro atoms. The Bertz CT molecular complexity index is 576. The van der Waals surface area contributed by atoms with Crippen molar-refractivity contribution >= 4 is 17.4 Å². The lowest BCUT2D eigenvalue weighted by Crippen LogP contribution is -2.24. The summed E-state index contributed by atoms with van der Waals surface area (Å²) >= 11 is 6.00. The van der Waals surface area contributed by atoms with E-state index in [1.165, 1.54) is 0 Å². The van der Waals surface area contributed by atoms with Gasteiger partial charge in [-0.25, -0.2) is 0 Å². The predicted octanol–water partition coefficient (Wildman–Crippen LogP) is 4.30. The van der Waals surface area contributed by atoms with Crippen LogP contribution in [0.4, 0.5) is 0 Å². The fourth-order valence-corrected chi connectivity index (χ4v) is 1.92. The lowest BCUT2D eigenvalue weighted by Gasteiger charge is -2.14. The third-order valence-electron chi connectivity index (χ3n) is 2.85. The van der Waals surface area contributed by atoms with Gasteiger partial charge in [0.25, 0.3) is 0 Å². The second-order valence-electron chi connectivity index (χ2n) is 4.42. The van der Waals surface area contributed by atoms with Crippen molar-refractivity contribution in [3.63, 3.8) is 0 Å². The SMILES string of the molecule is Cc1ccc(C(=O)C(C)Oc2ccccc2Cl)cc1. The number of para-hydroxylation sites is 1. The van der Waals surface area contributed by atoms with E-state index < -0.39 is 6.10 Å². The van der Waals surface area contributed by atoms with Gasteiger partial charge in [0.15, 0.2) is 6.10 Å². The highest BCUT2D eigenvalue weighted by Crippen LogP contribution is 2.24. The number of hydrogen-bond donors (Lipinski definition) is 0. The summed E-state index contributed by atoms with van der Waals surface area (Å²) in [7, 11) is 0. The zero-order valence-corrected chi connectivity index (χ0v) is 11.6. The summed E-state index contributed by atoms with van der Waals surface area (Å²) in [5, 5.41) is 0.506. The molecule has 98 valence electrons. The van der Waals surface area contributed by atoms with Gasteiger partial charge in [0.2, 0.25) is 5.78 Å². The average Bonchev–Trinajstić information content (AvgIpc) is 2.41. The Labute approximate surface area is 118 Å². The first kappa shape index (κ1) is 13.6. The Morgan fingerprint density at radius 3 is 2.37 bits per heavy atom. The minimum atomic E-state index is -0.567. The molecule has 3 heteroatoms. The molecule has 0 aliphatic heterocycles. The molecule has 2 aromatic rings. The monoisotopic (exact) mass is 274 g/mol. The van der Waals surface area contributed by atoms with E-state index in [1.807, 2.05) is 43.3 Å². The largest absolute Gasteiger partial charge is 0.481 e. The van der Waals surface area contributed by atoms with Crippen LogP contribution in [-0.4, -0.2) is 11.9 Å². The maximum Gasteiger partial charge on any atom is 0.202 e. The molecule has 0 amide bonds. The molecule has 1 unspecified atom stereocenters. The Hall–Kier alpha value is -1.80. The quantitative estimate of drug-likeness (QED) is 0.777. The van der Waals surface area contributed by atoms with Crippen molar-refractivity contribution in [3.8, 4) is 5.75 Å². The summed E-state index contributed by atoms with van der Waals surface area (Å²) in [6.45, 7) is 3.71. The van der Waals surface area contributed by atoms with Crippen LogP contribution < -0.4 is 4.74 Å². The van der Waals surface area contributed by atoms with Crippen LogP contribution in [0.3, 0.4) is 0 Å². The molecule has 1 atom stereocenters. The van der Waals surface area contributed by atoms with E-state index in [1.54, 1.807) is 19.1 Å². The van der Waals surface area contributed by atoms with Gasteiger partial charge in [0.05, 0.1) is 5.02 Å². The van der Waals surface area contributed by atoms with Gasteiger partial charge < -0.3 is 4.74 Å². The van der Waals surface area contributed by atoms with E-state index in [2.05, 4.69) is 0 Å². The molecule has 0 aliphatic carbocycles. The molecule has 0 heterocycles. The van der Waals surface area contributed by atoms with Gasteiger partial charge >= 0.3 is 0 Å². The second-order valence-corrected chi connectivity index (χ2v) is 4.83. The van der Waals surface area contributed by atoms with Gasteiger partial charge in [-0.3, -0.25) is 4.79 Å².